The number of aryl methyl sites for hydroxylation is 1. The van der Waals surface area contributed by atoms with Crippen LogP contribution in [0.1, 0.15) is 75.3 Å². The van der Waals surface area contributed by atoms with Crippen LogP contribution in [0.2, 0.25) is 0 Å². The first kappa shape index (κ1) is 33.3. The number of hydrogen-bond acceptors (Lipinski definition) is 8. The molecule has 48 heavy (non-hydrogen) atoms. The van der Waals surface area contributed by atoms with Gasteiger partial charge in [-0.1, -0.05) is 6.92 Å². The van der Waals surface area contributed by atoms with Crippen LogP contribution in [0.4, 0.5) is 34.4 Å². The highest BCUT2D eigenvalue weighted by atomic mass is 19.4. The van der Waals surface area contributed by atoms with Crippen molar-refractivity contribution in [1.82, 2.24) is 28.9 Å². The van der Waals surface area contributed by atoms with Crippen molar-refractivity contribution in [1.29, 1.82) is 0 Å². The molecule has 5 heterocycles. The normalized spacial score (nSPS) is 18.8. The largest absolute Gasteiger partial charge is 0.465 e. The van der Waals surface area contributed by atoms with Crippen LogP contribution in [0.15, 0.2) is 30.7 Å². The Labute approximate surface area is 274 Å². The van der Waals surface area contributed by atoms with Crippen LogP contribution >= 0.6 is 0 Å². The number of piperidine rings is 1. The predicted molar refractivity (Wildman–Crippen MR) is 169 cm³/mol. The lowest BCUT2D eigenvalue weighted by Gasteiger charge is -2.34. The molecule has 6 rings (SSSR count). The van der Waals surface area contributed by atoms with Gasteiger partial charge in [-0.25, -0.2) is 19.6 Å². The molecule has 2 fully saturated rings. The average Bonchev–Trinajstić information content (AvgIpc) is 3.64. The molecule has 2 aliphatic rings. The lowest BCUT2D eigenvalue weighted by atomic mass is 9.94. The number of amides is 2. The molecule has 0 aromatic carbocycles. The lowest BCUT2D eigenvalue weighted by Crippen LogP contribution is -2.47. The molecule has 2 atom stereocenters. The second-order valence-electron chi connectivity index (χ2n) is 13.5. The monoisotopic (exact) mass is 672 g/mol. The summed E-state index contributed by atoms with van der Waals surface area (Å²) < 4.78 is 51.1. The Hall–Kier alpha value is -4.60. The van der Waals surface area contributed by atoms with Gasteiger partial charge in [-0.3, -0.25) is 4.90 Å². The molecule has 2 amide bonds. The molecular weight excluding hydrogens is 633 g/mol. The van der Waals surface area contributed by atoms with Gasteiger partial charge in [0, 0.05) is 43.0 Å². The number of anilines is 2. The van der Waals surface area contributed by atoms with Gasteiger partial charge in [0.2, 0.25) is 0 Å². The number of carboxylic acid groups (broad SMARTS) is 1. The maximum Gasteiger partial charge on any atom is 0.419 e. The Kier molecular flexibility index (Phi) is 8.64. The summed E-state index contributed by atoms with van der Waals surface area (Å²) in [5.74, 6) is 0.414. The summed E-state index contributed by atoms with van der Waals surface area (Å²) in [4.78, 5) is 36.7. The SMILES string of the molecule is CCc1cnn2c(N(Cc3cn4cc(C5CC5)cc(C(F)(F)F)c4n3)C(=O)OC(C)(C)C)cc(NC[C@H]3CCN(C(=O)O)C[C@@H]3O)nc12. The Morgan fingerprint density at radius 1 is 1.10 bits per heavy atom. The number of β-amino-alcohol motifs (C(OH)–C–C–N with tert-alkyl or cyclic N) is 1. The van der Waals surface area contributed by atoms with Gasteiger partial charge in [0.15, 0.2) is 5.65 Å². The number of likely N-dealkylation sites (tertiary alicyclic amines) is 1. The van der Waals surface area contributed by atoms with E-state index in [-0.39, 0.29) is 55.2 Å². The van der Waals surface area contributed by atoms with Crippen LogP contribution in [0.25, 0.3) is 11.3 Å². The number of halogens is 3. The molecule has 1 aliphatic carbocycles. The first-order chi connectivity index (χ1) is 22.6. The van der Waals surface area contributed by atoms with Crippen molar-refractivity contribution in [3.63, 3.8) is 0 Å². The molecule has 4 aromatic heterocycles. The van der Waals surface area contributed by atoms with E-state index < -0.39 is 35.6 Å². The number of aliphatic hydroxyl groups excluding tert-OH is 1. The quantitative estimate of drug-likeness (QED) is 0.219. The fourth-order valence-corrected chi connectivity index (χ4v) is 5.97. The first-order valence-corrected chi connectivity index (χ1v) is 16.0. The highest BCUT2D eigenvalue weighted by Gasteiger charge is 2.37. The molecule has 16 heteroatoms. The summed E-state index contributed by atoms with van der Waals surface area (Å²) in [5, 5.41) is 27.6. The van der Waals surface area contributed by atoms with E-state index in [0.717, 1.165) is 24.5 Å². The van der Waals surface area contributed by atoms with E-state index >= 15 is 0 Å². The summed E-state index contributed by atoms with van der Waals surface area (Å²) in [5.41, 5.74) is 0.0457. The van der Waals surface area contributed by atoms with Crippen LogP contribution in [0.3, 0.4) is 0 Å². The standard InChI is InChI=1S/C32H39F3N8O5/c1-5-18-13-37-43-26(11-25(39-27(18)43)36-12-20-8-9-40(29(45)46)17-24(20)44)42(30(47)48-31(2,3)4)16-22-15-41-14-21(19-6-7-19)10-23(28(41)38-22)32(33,34)35/h10-11,13-15,19-20,24,44H,5-9,12,16-17H2,1-4H3,(H,36,39)(H,45,46)/t20-,24+/m1/s1. The van der Waals surface area contributed by atoms with E-state index in [1.54, 1.807) is 39.2 Å². The smallest absolute Gasteiger partial charge is 0.419 e. The molecule has 1 saturated heterocycles. The molecule has 0 radical (unpaired) electrons. The minimum absolute atomic E-state index is 0.00830. The molecule has 1 saturated carbocycles. The Morgan fingerprint density at radius 3 is 2.48 bits per heavy atom. The molecule has 13 nitrogen and oxygen atoms in total. The summed E-state index contributed by atoms with van der Waals surface area (Å²) in [6, 6.07) is 2.75. The van der Waals surface area contributed by atoms with Crippen molar-refractivity contribution >= 4 is 35.1 Å². The zero-order valence-electron chi connectivity index (χ0n) is 27.2. The minimum atomic E-state index is -4.62. The number of carbonyl (C=O) groups is 2. The van der Waals surface area contributed by atoms with Gasteiger partial charge in [0.1, 0.15) is 22.9 Å². The van der Waals surface area contributed by atoms with E-state index in [9.17, 15) is 33.0 Å². The number of nitrogens with zero attached hydrogens (tertiary/aromatic N) is 7. The topological polar surface area (TPSA) is 150 Å². The van der Waals surface area contributed by atoms with Crippen LogP contribution in [-0.2, 0) is 23.9 Å². The molecule has 3 N–H and O–H groups in total. The number of nitrogens with one attached hydrogen (secondary N) is 1. The molecule has 0 bridgehead atoms. The number of rotatable bonds is 8. The van der Waals surface area contributed by atoms with Crippen molar-refractivity contribution in [3.8, 4) is 0 Å². The van der Waals surface area contributed by atoms with Gasteiger partial charge in [-0.15, -0.1) is 0 Å². The third kappa shape index (κ3) is 6.98. The Balaban J connectivity index is 1.38. The van der Waals surface area contributed by atoms with Crippen molar-refractivity contribution in [3.05, 3.63) is 53.1 Å². The summed E-state index contributed by atoms with van der Waals surface area (Å²) in [6.45, 7) is 7.37. The zero-order chi connectivity index (χ0) is 34.5. The number of ether oxygens (including phenoxy) is 1. The summed E-state index contributed by atoms with van der Waals surface area (Å²) in [6.07, 6.45) is 0.100. The van der Waals surface area contributed by atoms with Gasteiger partial charge in [-0.05, 0) is 64.0 Å². The molecule has 4 aromatic rings. The van der Waals surface area contributed by atoms with E-state index in [0.29, 0.717) is 29.9 Å². The maximum atomic E-state index is 14.2. The van der Waals surface area contributed by atoms with Crippen molar-refractivity contribution < 1.29 is 37.7 Å². The summed E-state index contributed by atoms with van der Waals surface area (Å²) >= 11 is 0. The first-order valence-electron chi connectivity index (χ1n) is 16.0. The average molecular weight is 673 g/mol. The highest BCUT2D eigenvalue weighted by molar-refractivity contribution is 5.88. The molecular formula is C32H39F3N8O5. The van der Waals surface area contributed by atoms with Gasteiger partial charge < -0.3 is 29.6 Å². The molecule has 1 aliphatic heterocycles. The predicted octanol–water partition coefficient (Wildman–Crippen LogP) is 5.55. The van der Waals surface area contributed by atoms with Crippen LogP contribution < -0.4 is 10.2 Å². The second kappa shape index (κ2) is 12.5. The number of alkyl halides is 3. The van der Waals surface area contributed by atoms with Gasteiger partial charge >= 0.3 is 18.4 Å². The minimum Gasteiger partial charge on any atom is -0.465 e. The molecule has 0 unspecified atom stereocenters. The van der Waals surface area contributed by atoms with Crippen LogP contribution in [0, 0.1) is 5.92 Å². The second-order valence-corrected chi connectivity index (χ2v) is 13.5. The number of imidazole rings is 1. The highest BCUT2D eigenvalue weighted by Crippen LogP contribution is 2.43. The van der Waals surface area contributed by atoms with Gasteiger partial charge in [-0.2, -0.15) is 22.8 Å². The van der Waals surface area contributed by atoms with E-state index in [4.69, 9.17) is 9.72 Å². The van der Waals surface area contributed by atoms with E-state index in [1.807, 2.05) is 6.92 Å². The van der Waals surface area contributed by atoms with Crippen LogP contribution in [-0.4, -0.2) is 82.6 Å². The number of aliphatic hydroxyl groups is 1. The van der Waals surface area contributed by atoms with Crippen molar-refractivity contribution in [2.24, 2.45) is 5.92 Å². The number of hydrogen-bond donors (Lipinski definition) is 3. The lowest BCUT2D eigenvalue weighted by molar-refractivity contribution is -0.136. The number of pyridine rings is 1. The fraction of sp³-hybridized carbons (Fsp3) is 0.531. The maximum absolute atomic E-state index is 14.2. The van der Waals surface area contributed by atoms with Crippen LogP contribution in [0.5, 0.6) is 0 Å². The third-order valence-corrected chi connectivity index (χ3v) is 8.63. The van der Waals surface area contributed by atoms with Gasteiger partial charge in [0.25, 0.3) is 0 Å². The number of fused-ring (bicyclic) bond motifs is 2. The molecule has 258 valence electrons. The number of carbonyl (C=O) groups excluding carboxylic acids is 1. The molecule has 0 spiro atoms. The Bertz CT molecular complexity index is 1850. The van der Waals surface area contributed by atoms with Crippen molar-refractivity contribution in [2.45, 2.75) is 83.7 Å². The number of aromatic nitrogens is 5. The zero-order valence-corrected chi connectivity index (χ0v) is 27.2. The van der Waals surface area contributed by atoms with E-state index in [2.05, 4.69) is 15.4 Å². The van der Waals surface area contributed by atoms with Gasteiger partial charge in [0.05, 0.1) is 36.6 Å². The third-order valence-electron chi connectivity index (χ3n) is 8.63. The fourth-order valence-electron chi connectivity index (χ4n) is 5.97. The van der Waals surface area contributed by atoms with Crippen molar-refractivity contribution in [2.75, 3.05) is 29.9 Å². The van der Waals surface area contributed by atoms with E-state index in [1.165, 1.54) is 24.9 Å². The summed E-state index contributed by atoms with van der Waals surface area (Å²) in [7, 11) is 0. The Morgan fingerprint density at radius 2 is 1.85 bits per heavy atom.